The van der Waals surface area contributed by atoms with Gasteiger partial charge in [0.1, 0.15) is 11.5 Å². The fraction of sp³-hybridized carbons (Fsp3) is 0.300. The van der Waals surface area contributed by atoms with Crippen LogP contribution in [0.1, 0.15) is 31.9 Å². The van der Waals surface area contributed by atoms with Gasteiger partial charge in [0.2, 0.25) is 0 Å². The summed E-state index contributed by atoms with van der Waals surface area (Å²) in [5.41, 5.74) is 4.24. The van der Waals surface area contributed by atoms with Crippen LogP contribution in [0.3, 0.4) is 0 Å². The molecule has 2 rings (SSSR count). The molecule has 5 nitrogen and oxygen atoms in total. The number of hydrazone groups is 1. The Labute approximate surface area is 148 Å². The second-order valence-electron chi connectivity index (χ2n) is 6.57. The topological polar surface area (TPSA) is 59.9 Å². The van der Waals surface area contributed by atoms with Gasteiger partial charge >= 0.3 is 0 Å². The van der Waals surface area contributed by atoms with E-state index < -0.39 is 0 Å². The van der Waals surface area contributed by atoms with Crippen LogP contribution in [0.25, 0.3) is 0 Å². The van der Waals surface area contributed by atoms with Crippen molar-refractivity contribution >= 4 is 12.1 Å². The Hall–Kier alpha value is -2.82. The molecular weight excluding hydrogens is 316 g/mol. The van der Waals surface area contributed by atoms with Crippen LogP contribution in [-0.2, 0) is 10.2 Å². The van der Waals surface area contributed by atoms with Gasteiger partial charge in [-0.15, -0.1) is 0 Å². The van der Waals surface area contributed by atoms with E-state index in [9.17, 15) is 4.79 Å². The van der Waals surface area contributed by atoms with Crippen LogP contribution in [0.15, 0.2) is 53.6 Å². The standard InChI is InChI=1S/C20H24N2O3/c1-20(2,3)16-10-6-8-12-18(16)25-14-19(23)22-21-13-15-9-5-7-11-17(15)24-4/h5-13H,14H2,1-4H3,(H,22,23)/b21-13+. The van der Waals surface area contributed by atoms with E-state index in [1.165, 1.54) is 0 Å². The Kier molecular flexibility index (Phi) is 6.17. The number of carbonyl (C=O) groups excluding carboxylic acids is 1. The van der Waals surface area contributed by atoms with Gasteiger partial charge in [-0.1, -0.05) is 51.1 Å². The highest BCUT2D eigenvalue weighted by atomic mass is 16.5. The average Bonchev–Trinajstić information content (AvgIpc) is 2.60. The average molecular weight is 340 g/mol. The molecule has 0 aliphatic heterocycles. The molecule has 2 aromatic rings. The minimum absolute atomic E-state index is 0.0604. The van der Waals surface area contributed by atoms with Gasteiger partial charge in [-0.2, -0.15) is 5.10 Å². The molecule has 25 heavy (non-hydrogen) atoms. The van der Waals surface area contributed by atoms with E-state index in [1.54, 1.807) is 13.3 Å². The zero-order valence-electron chi connectivity index (χ0n) is 15.1. The van der Waals surface area contributed by atoms with Gasteiger partial charge in [-0.3, -0.25) is 4.79 Å². The normalized spacial score (nSPS) is 11.4. The predicted molar refractivity (Wildman–Crippen MR) is 99.4 cm³/mol. The van der Waals surface area contributed by atoms with Crippen molar-refractivity contribution in [2.24, 2.45) is 5.10 Å². The van der Waals surface area contributed by atoms with Gasteiger partial charge in [0.25, 0.3) is 5.91 Å². The van der Waals surface area contributed by atoms with Crippen molar-refractivity contribution in [2.45, 2.75) is 26.2 Å². The number of nitrogens with one attached hydrogen (secondary N) is 1. The van der Waals surface area contributed by atoms with E-state index >= 15 is 0 Å². The van der Waals surface area contributed by atoms with E-state index in [2.05, 4.69) is 31.3 Å². The summed E-state index contributed by atoms with van der Waals surface area (Å²) in [7, 11) is 1.59. The third-order valence-electron chi connectivity index (χ3n) is 3.59. The van der Waals surface area contributed by atoms with Crippen LogP contribution < -0.4 is 14.9 Å². The lowest BCUT2D eigenvalue weighted by molar-refractivity contribution is -0.123. The van der Waals surface area contributed by atoms with Crippen molar-refractivity contribution in [1.29, 1.82) is 0 Å². The zero-order chi connectivity index (χ0) is 18.3. The lowest BCUT2D eigenvalue weighted by Gasteiger charge is -2.22. The van der Waals surface area contributed by atoms with E-state index in [0.717, 1.165) is 11.1 Å². The smallest absolute Gasteiger partial charge is 0.277 e. The molecule has 1 amide bonds. The first-order valence-corrected chi connectivity index (χ1v) is 8.09. The van der Waals surface area contributed by atoms with E-state index in [1.807, 2.05) is 48.5 Å². The number of benzene rings is 2. The number of amides is 1. The molecule has 1 N–H and O–H groups in total. The maximum Gasteiger partial charge on any atom is 0.277 e. The first-order valence-electron chi connectivity index (χ1n) is 8.09. The minimum Gasteiger partial charge on any atom is -0.496 e. The highest BCUT2D eigenvalue weighted by molar-refractivity contribution is 5.85. The van der Waals surface area contributed by atoms with Crippen LogP contribution in [0.2, 0.25) is 0 Å². The van der Waals surface area contributed by atoms with Crippen molar-refractivity contribution in [3.05, 3.63) is 59.7 Å². The van der Waals surface area contributed by atoms with Gasteiger partial charge in [-0.25, -0.2) is 5.43 Å². The summed E-state index contributed by atoms with van der Waals surface area (Å²) in [6.45, 7) is 6.21. The number of hydrogen-bond acceptors (Lipinski definition) is 4. The van der Waals surface area contributed by atoms with Crippen LogP contribution in [-0.4, -0.2) is 25.8 Å². The van der Waals surface area contributed by atoms with Gasteiger partial charge in [-0.05, 0) is 29.2 Å². The predicted octanol–water partition coefficient (Wildman–Crippen LogP) is 3.52. The molecule has 0 aliphatic carbocycles. The molecule has 0 saturated carbocycles. The molecule has 0 unspecified atom stereocenters. The zero-order valence-corrected chi connectivity index (χ0v) is 15.1. The molecule has 5 heteroatoms. The summed E-state index contributed by atoms with van der Waals surface area (Å²) in [4.78, 5) is 11.9. The molecule has 132 valence electrons. The Morgan fingerprint density at radius 1 is 1.08 bits per heavy atom. The molecule has 0 radical (unpaired) electrons. The third kappa shape index (κ3) is 5.35. The van der Waals surface area contributed by atoms with Gasteiger partial charge < -0.3 is 9.47 Å². The van der Waals surface area contributed by atoms with Crippen molar-refractivity contribution in [2.75, 3.05) is 13.7 Å². The fourth-order valence-electron chi connectivity index (χ4n) is 2.33. The summed E-state index contributed by atoms with van der Waals surface area (Å²) in [6, 6.07) is 15.2. The van der Waals surface area contributed by atoms with Crippen molar-refractivity contribution in [3.63, 3.8) is 0 Å². The first-order chi connectivity index (χ1) is 11.9. The molecule has 0 fully saturated rings. The molecule has 0 aliphatic rings. The molecule has 0 saturated heterocycles. The van der Waals surface area contributed by atoms with E-state index in [4.69, 9.17) is 9.47 Å². The summed E-state index contributed by atoms with van der Waals surface area (Å²) in [6.07, 6.45) is 1.54. The Bertz CT molecular complexity index is 749. The number of carbonyl (C=O) groups is 1. The third-order valence-corrected chi connectivity index (χ3v) is 3.59. The molecule has 0 bridgehead atoms. The monoisotopic (exact) mass is 340 g/mol. The molecule has 0 spiro atoms. The summed E-state index contributed by atoms with van der Waals surface area (Å²) in [5, 5.41) is 3.95. The number of ether oxygens (including phenoxy) is 2. The molecule has 0 heterocycles. The SMILES string of the molecule is COc1ccccc1/C=N/NC(=O)COc1ccccc1C(C)(C)C. The van der Waals surface area contributed by atoms with Crippen LogP contribution in [0.5, 0.6) is 11.5 Å². The van der Waals surface area contributed by atoms with Crippen LogP contribution in [0, 0.1) is 0 Å². The second kappa shape index (κ2) is 8.33. The number of para-hydroxylation sites is 2. The molecule has 0 atom stereocenters. The molecule has 0 aromatic heterocycles. The number of rotatable bonds is 6. The first kappa shape index (κ1) is 18.5. The maximum atomic E-state index is 11.9. The second-order valence-corrected chi connectivity index (χ2v) is 6.57. The summed E-state index contributed by atoms with van der Waals surface area (Å²) in [5.74, 6) is 1.07. The Balaban J connectivity index is 1.93. The Morgan fingerprint density at radius 3 is 2.40 bits per heavy atom. The quantitative estimate of drug-likeness (QED) is 0.646. The number of hydrogen-bond donors (Lipinski definition) is 1. The lowest BCUT2D eigenvalue weighted by Crippen LogP contribution is -2.25. The van der Waals surface area contributed by atoms with Crippen molar-refractivity contribution in [1.82, 2.24) is 5.43 Å². The van der Waals surface area contributed by atoms with E-state index in [0.29, 0.717) is 11.5 Å². The Morgan fingerprint density at radius 2 is 1.72 bits per heavy atom. The van der Waals surface area contributed by atoms with Crippen molar-refractivity contribution < 1.29 is 14.3 Å². The fourth-order valence-corrected chi connectivity index (χ4v) is 2.33. The molecular formula is C20H24N2O3. The summed E-state index contributed by atoms with van der Waals surface area (Å²) < 4.78 is 10.9. The van der Waals surface area contributed by atoms with E-state index in [-0.39, 0.29) is 17.9 Å². The largest absolute Gasteiger partial charge is 0.496 e. The maximum absolute atomic E-state index is 11.9. The van der Waals surface area contributed by atoms with Crippen LogP contribution in [0.4, 0.5) is 0 Å². The number of nitrogens with zero attached hydrogens (tertiary/aromatic N) is 1. The van der Waals surface area contributed by atoms with Gasteiger partial charge in [0.05, 0.1) is 13.3 Å². The highest BCUT2D eigenvalue weighted by Gasteiger charge is 2.18. The van der Waals surface area contributed by atoms with Crippen molar-refractivity contribution in [3.8, 4) is 11.5 Å². The lowest BCUT2D eigenvalue weighted by atomic mass is 9.86. The minimum atomic E-state index is -0.324. The molecule has 2 aromatic carbocycles. The highest BCUT2D eigenvalue weighted by Crippen LogP contribution is 2.30. The van der Waals surface area contributed by atoms with Crippen LogP contribution >= 0.6 is 0 Å². The van der Waals surface area contributed by atoms with Gasteiger partial charge in [0, 0.05) is 5.56 Å². The van der Waals surface area contributed by atoms with Gasteiger partial charge in [0.15, 0.2) is 6.61 Å². The summed E-state index contributed by atoms with van der Waals surface area (Å²) >= 11 is 0. The number of methoxy groups -OCH3 is 1.